The van der Waals surface area contributed by atoms with Crippen LogP contribution in [0, 0.1) is 10.1 Å². The summed E-state index contributed by atoms with van der Waals surface area (Å²) in [6.07, 6.45) is 3.54. The molecular formula is C13H18N4O2S. The van der Waals surface area contributed by atoms with Crippen LogP contribution in [-0.2, 0) is 13.6 Å². The fraction of sp³-hybridized carbons (Fsp3) is 0.462. The number of aromatic nitrogens is 2. The highest BCUT2D eigenvalue weighted by atomic mass is 32.1. The van der Waals surface area contributed by atoms with Gasteiger partial charge in [0.15, 0.2) is 0 Å². The summed E-state index contributed by atoms with van der Waals surface area (Å²) in [5.41, 5.74) is 0. The number of hydrogen-bond acceptors (Lipinski definition) is 5. The summed E-state index contributed by atoms with van der Waals surface area (Å²) >= 11 is 1.66. The van der Waals surface area contributed by atoms with Gasteiger partial charge in [-0.3, -0.25) is 4.57 Å². The van der Waals surface area contributed by atoms with Gasteiger partial charge in [0, 0.05) is 18.5 Å². The van der Waals surface area contributed by atoms with Crippen LogP contribution in [0.2, 0.25) is 0 Å². The molecule has 0 aliphatic rings. The zero-order chi connectivity index (χ0) is 14.5. The van der Waals surface area contributed by atoms with Crippen molar-refractivity contribution >= 4 is 23.0 Å². The molecule has 2 aromatic rings. The van der Waals surface area contributed by atoms with Crippen LogP contribution >= 0.6 is 11.3 Å². The zero-order valence-electron chi connectivity index (χ0n) is 11.7. The fourth-order valence-electron chi connectivity index (χ4n) is 2.10. The molecule has 0 fully saturated rings. The summed E-state index contributed by atoms with van der Waals surface area (Å²) in [5, 5.41) is 13.1. The molecule has 2 aromatic heterocycles. The summed E-state index contributed by atoms with van der Waals surface area (Å²) < 4.78 is 1.72. The van der Waals surface area contributed by atoms with Crippen LogP contribution in [0.4, 0.5) is 11.6 Å². The highest BCUT2D eigenvalue weighted by molar-refractivity contribution is 7.09. The Morgan fingerprint density at radius 3 is 2.95 bits per heavy atom. The fourth-order valence-corrected chi connectivity index (χ4v) is 2.82. The maximum absolute atomic E-state index is 11.1. The van der Waals surface area contributed by atoms with Gasteiger partial charge in [-0.1, -0.05) is 19.4 Å². The normalized spacial score (nSPS) is 10.7. The predicted molar refractivity (Wildman–Crippen MR) is 80.1 cm³/mol. The minimum absolute atomic E-state index is 0.0693. The zero-order valence-corrected chi connectivity index (χ0v) is 12.5. The Kier molecular flexibility index (Phi) is 4.73. The van der Waals surface area contributed by atoms with Crippen LogP contribution in [0.15, 0.2) is 23.8 Å². The van der Waals surface area contributed by atoms with Crippen molar-refractivity contribution < 1.29 is 4.92 Å². The van der Waals surface area contributed by atoms with Gasteiger partial charge in [-0.05, 0) is 27.8 Å². The van der Waals surface area contributed by atoms with Gasteiger partial charge in [-0.15, -0.1) is 11.3 Å². The maximum atomic E-state index is 11.1. The van der Waals surface area contributed by atoms with E-state index in [1.165, 1.54) is 11.2 Å². The first kappa shape index (κ1) is 14.5. The Balaban J connectivity index is 2.30. The topological polar surface area (TPSA) is 64.2 Å². The Morgan fingerprint density at radius 1 is 1.55 bits per heavy atom. The van der Waals surface area contributed by atoms with Crippen molar-refractivity contribution in [2.75, 3.05) is 11.4 Å². The van der Waals surface area contributed by atoms with Crippen molar-refractivity contribution in [2.24, 2.45) is 7.05 Å². The highest BCUT2D eigenvalue weighted by Crippen LogP contribution is 2.28. The number of aryl methyl sites for hydroxylation is 1. The molecule has 2 rings (SSSR count). The van der Waals surface area contributed by atoms with Crippen LogP contribution in [0.3, 0.4) is 0 Å². The Labute approximate surface area is 121 Å². The Bertz CT molecular complexity index is 565. The second-order valence-corrected chi connectivity index (χ2v) is 5.65. The number of hydrogen-bond donors (Lipinski definition) is 0. The van der Waals surface area contributed by atoms with Gasteiger partial charge >= 0.3 is 5.82 Å². The molecule has 6 nitrogen and oxygen atoms in total. The van der Waals surface area contributed by atoms with Gasteiger partial charge in [0.05, 0.1) is 6.54 Å². The van der Waals surface area contributed by atoms with E-state index in [4.69, 9.17) is 0 Å². The first-order valence-corrected chi connectivity index (χ1v) is 7.44. The van der Waals surface area contributed by atoms with Crippen molar-refractivity contribution in [3.8, 4) is 0 Å². The molecule has 0 saturated carbocycles. The van der Waals surface area contributed by atoms with Crippen LogP contribution in [0.25, 0.3) is 0 Å². The number of unbranched alkanes of at least 4 members (excludes halogenated alkanes) is 1. The van der Waals surface area contributed by atoms with E-state index in [0.717, 1.165) is 19.4 Å². The van der Waals surface area contributed by atoms with Gasteiger partial charge in [-0.2, -0.15) is 0 Å². The van der Waals surface area contributed by atoms with Gasteiger partial charge in [-0.25, -0.2) is 0 Å². The Morgan fingerprint density at radius 2 is 2.35 bits per heavy atom. The van der Waals surface area contributed by atoms with Crippen molar-refractivity contribution in [2.45, 2.75) is 26.3 Å². The standard InChI is InChI=1S/C13H18N4O2S/c1-3-4-7-16(9-11-6-5-8-20-11)13-12(17(18)19)14-10-15(13)2/h5-6,8,10H,3-4,7,9H2,1-2H3. The average molecular weight is 294 g/mol. The van der Waals surface area contributed by atoms with Gasteiger partial charge in [0.25, 0.3) is 0 Å². The third-order valence-electron chi connectivity index (χ3n) is 3.07. The second kappa shape index (κ2) is 6.51. The quantitative estimate of drug-likeness (QED) is 0.581. The predicted octanol–water partition coefficient (Wildman–Crippen LogP) is 3.20. The summed E-state index contributed by atoms with van der Waals surface area (Å²) in [6.45, 7) is 3.58. The molecule has 0 radical (unpaired) electrons. The molecule has 0 atom stereocenters. The highest BCUT2D eigenvalue weighted by Gasteiger charge is 2.25. The first-order valence-electron chi connectivity index (χ1n) is 6.56. The van der Waals surface area contributed by atoms with E-state index in [9.17, 15) is 10.1 Å². The molecule has 20 heavy (non-hydrogen) atoms. The van der Waals surface area contributed by atoms with Crippen LogP contribution in [-0.4, -0.2) is 21.0 Å². The van der Waals surface area contributed by atoms with Crippen molar-refractivity contribution in [1.82, 2.24) is 9.55 Å². The number of imidazole rings is 1. The molecule has 7 heteroatoms. The molecule has 0 amide bonds. The number of nitrogens with zero attached hydrogens (tertiary/aromatic N) is 4. The summed E-state index contributed by atoms with van der Waals surface area (Å²) in [4.78, 5) is 17.8. The summed E-state index contributed by atoms with van der Waals surface area (Å²) in [7, 11) is 1.79. The molecule has 2 heterocycles. The monoisotopic (exact) mass is 294 g/mol. The third-order valence-corrected chi connectivity index (χ3v) is 3.93. The Hall–Kier alpha value is -1.89. The summed E-state index contributed by atoms with van der Waals surface area (Å²) in [5.74, 6) is 0.511. The largest absolute Gasteiger partial charge is 0.406 e. The van der Waals surface area contributed by atoms with Gasteiger partial charge < -0.3 is 15.0 Å². The van der Waals surface area contributed by atoms with E-state index < -0.39 is 4.92 Å². The lowest BCUT2D eigenvalue weighted by atomic mass is 10.3. The molecule has 0 spiro atoms. The number of anilines is 1. The molecule has 0 unspecified atom stereocenters. The lowest BCUT2D eigenvalue weighted by molar-refractivity contribution is -0.388. The molecule has 108 valence electrons. The van der Waals surface area contributed by atoms with E-state index >= 15 is 0 Å². The smallest absolute Gasteiger partial charge is 0.358 e. The van der Waals surface area contributed by atoms with Crippen molar-refractivity contribution in [3.05, 3.63) is 38.8 Å². The minimum atomic E-state index is -0.414. The average Bonchev–Trinajstić information content (AvgIpc) is 3.04. The van der Waals surface area contributed by atoms with E-state index in [-0.39, 0.29) is 5.82 Å². The van der Waals surface area contributed by atoms with E-state index in [2.05, 4.69) is 11.9 Å². The van der Waals surface area contributed by atoms with Gasteiger partial charge in [0.2, 0.25) is 12.1 Å². The number of thiophene rings is 1. The van der Waals surface area contributed by atoms with E-state index in [0.29, 0.717) is 12.4 Å². The summed E-state index contributed by atoms with van der Waals surface area (Å²) in [6, 6.07) is 4.04. The maximum Gasteiger partial charge on any atom is 0.406 e. The molecule has 0 bridgehead atoms. The van der Waals surface area contributed by atoms with E-state index in [1.54, 1.807) is 23.0 Å². The lowest BCUT2D eigenvalue weighted by Crippen LogP contribution is -2.26. The molecule has 0 saturated heterocycles. The van der Waals surface area contributed by atoms with Gasteiger partial charge in [0.1, 0.15) is 0 Å². The van der Waals surface area contributed by atoms with Crippen molar-refractivity contribution in [1.29, 1.82) is 0 Å². The molecular weight excluding hydrogens is 276 g/mol. The minimum Gasteiger partial charge on any atom is -0.358 e. The number of nitro groups is 1. The lowest BCUT2D eigenvalue weighted by Gasteiger charge is -2.23. The first-order chi connectivity index (χ1) is 9.63. The third kappa shape index (κ3) is 3.16. The van der Waals surface area contributed by atoms with Crippen molar-refractivity contribution in [3.63, 3.8) is 0 Å². The molecule has 0 aromatic carbocycles. The number of rotatable bonds is 7. The molecule has 0 aliphatic heterocycles. The van der Waals surface area contributed by atoms with E-state index in [1.807, 2.05) is 22.4 Å². The molecule has 0 N–H and O–H groups in total. The molecule has 0 aliphatic carbocycles. The second-order valence-electron chi connectivity index (χ2n) is 4.61. The van der Waals surface area contributed by atoms with Crippen LogP contribution < -0.4 is 4.90 Å². The van der Waals surface area contributed by atoms with Crippen LogP contribution in [0.5, 0.6) is 0 Å². The SMILES string of the molecule is CCCCN(Cc1cccs1)c1c([N+](=O)[O-])ncn1C. The van der Waals surface area contributed by atoms with Crippen LogP contribution in [0.1, 0.15) is 24.6 Å².